The highest BCUT2D eigenvalue weighted by Crippen LogP contribution is 2.40. The second-order valence-corrected chi connectivity index (χ2v) is 5.83. The standard InChI is InChI=1S/C18H25NO3/c1-3-19(4-2)12-13-22-17(21)18(11-10-16(20)14-18)15-8-6-5-7-9-15/h5-9H,3-4,10-14H2,1-2H3/t18-/m0/s1. The van der Waals surface area contributed by atoms with Crippen LogP contribution in [0.25, 0.3) is 0 Å². The van der Waals surface area contributed by atoms with Crippen LogP contribution in [0.2, 0.25) is 0 Å². The molecule has 1 saturated carbocycles. The highest BCUT2D eigenvalue weighted by atomic mass is 16.5. The Labute approximate surface area is 132 Å². The maximum atomic E-state index is 12.7. The lowest BCUT2D eigenvalue weighted by Crippen LogP contribution is -2.37. The molecule has 0 amide bonds. The minimum Gasteiger partial charge on any atom is -0.464 e. The Bertz CT molecular complexity index is 510. The fourth-order valence-electron chi connectivity index (χ4n) is 3.11. The predicted molar refractivity (Wildman–Crippen MR) is 85.7 cm³/mol. The zero-order valence-corrected chi connectivity index (χ0v) is 13.5. The van der Waals surface area contributed by atoms with Crippen molar-refractivity contribution in [2.45, 2.75) is 38.5 Å². The van der Waals surface area contributed by atoms with Crippen LogP contribution in [0.5, 0.6) is 0 Å². The maximum Gasteiger partial charge on any atom is 0.317 e. The summed E-state index contributed by atoms with van der Waals surface area (Å²) in [5, 5.41) is 0. The van der Waals surface area contributed by atoms with Crippen molar-refractivity contribution >= 4 is 11.8 Å². The number of hydrogen-bond acceptors (Lipinski definition) is 4. The largest absolute Gasteiger partial charge is 0.464 e. The normalized spacial score (nSPS) is 21.3. The molecule has 4 nitrogen and oxygen atoms in total. The number of rotatable bonds is 7. The smallest absolute Gasteiger partial charge is 0.317 e. The number of carbonyl (C=O) groups is 2. The number of carbonyl (C=O) groups excluding carboxylic acids is 2. The van der Waals surface area contributed by atoms with Crippen LogP contribution in [0, 0.1) is 0 Å². The molecule has 1 fully saturated rings. The van der Waals surface area contributed by atoms with Crippen molar-refractivity contribution in [2.75, 3.05) is 26.2 Å². The van der Waals surface area contributed by atoms with Gasteiger partial charge in [-0.2, -0.15) is 0 Å². The van der Waals surface area contributed by atoms with E-state index in [1.54, 1.807) is 0 Å². The van der Waals surface area contributed by atoms with Gasteiger partial charge in [-0.1, -0.05) is 44.2 Å². The van der Waals surface area contributed by atoms with Gasteiger partial charge in [-0.15, -0.1) is 0 Å². The minimum atomic E-state index is -0.776. The van der Waals surface area contributed by atoms with Crippen LogP contribution in [0.1, 0.15) is 38.7 Å². The van der Waals surface area contributed by atoms with E-state index < -0.39 is 5.41 Å². The SMILES string of the molecule is CCN(CC)CCOC(=O)[C@@]1(c2ccccc2)CCC(=O)C1. The number of nitrogens with zero attached hydrogens (tertiary/aromatic N) is 1. The van der Waals surface area contributed by atoms with Gasteiger partial charge in [-0.3, -0.25) is 9.59 Å². The number of ether oxygens (including phenoxy) is 1. The molecular formula is C18H25NO3. The Morgan fingerprint density at radius 2 is 1.91 bits per heavy atom. The Morgan fingerprint density at radius 1 is 1.23 bits per heavy atom. The van der Waals surface area contributed by atoms with E-state index in [2.05, 4.69) is 18.7 Å². The lowest BCUT2D eigenvalue weighted by molar-refractivity contribution is -0.151. The Kier molecular flexibility index (Phi) is 5.72. The van der Waals surface area contributed by atoms with E-state index in [1.807, 2.05) is 30.3 Å². The average molecular weight is 303 g/mol. The van der Waals surface area contributed by atoms with Gasteiger partial charge in [0.25, 0.3) is 0 Å². The molecule has 1 aromatic rings. The van der Waals surface area contributed by atoms with E-state index in [0.29, 0.717) is 19.4 Å². The van der Waals surface area contributed by atoms with Gasteiger partial charge in [-0.25, -0.2) is 0 Å². The number of Topliss-reactive ketones (excluding diaryl/α,β-unsaturated/α-hetero) is 1. The minimum absolute atomic E-state index is 0.143. The first kappa shape index (κ1) is 16.7. The zero-order valence-electron chi connectivity index (χ0n) is 13.5. The highest BCUT2D eigenvalue weighted by molar-refractivity contribution is 5.94. The number of benzene rings is 1. The molecule has 0 radical (unpaired) electrons. The highest BCUT2D eigenvalue weighted by Gasteiger charge is 2.47. The van der Waals surface area contributed by atoms with Crippen molar-refractivity contribution in [1.29, 1.82) is 0 Å². The van der Waals surface area contributed by atoms with Gasteiger partial charge in [0.15, 0.2) is 0 Å². The molecule has 4 heteroatoms. The molecule has 1 aromatic carbocycles. The summed E-state index contributed by atoms with van der Waals surface area (Å²) in [4.78, 5) is 26.7. The summed E-state index contributed by atoms with van der Waals surface area (Å²) in [5.41, 5.74) is 0.121. The van der Waals surface area contributed by atoms with Crippen LogP contribution < -0.4 is 0 Å². The third-order valence-corrected chi connectivity index (χ3v) is 4.58. The number of likely N-dealkylation sites (N-methyl/N-ethyl adjacent to an activating group) is 1. The number of esters is 1. The van der Waals surface area contributed by atoms with Gasteiger partial charge in [-0.05, 0) is 25.1 Å². The fraction of sp³-hybridized carbons (Fsp3) is 0.556. The first-order valence-electron chi connectivity index (χ1n) is 8.09. The van der Waals surface area contributed by atoms with E-state index in [-0.39, 0.29) is 18.2 Å². The first-order valence-corrected chi connectivity index (χ1v) is 8.09. The molecule has 0 unspecified atom stereocenters. The fourth-order valence-corrected chi connectivity index (χ4v) is 3.11. The third kappa shape index (κ3) is 3.55. The van der Waals surface area contributed by atoms with Gasteiger partial charge < -0.3 is 9.64 Å². The van der Waals surface area contributed by atoms with E-state index in [9.17, 15) is 9.59 Å². The van der Waals surface area contributed by atoms with Crippen LogP contribution in [0.4, 0.5) is 0 Å². The van der Waals surface area contributed by atoms with Gasteiger partial charge in [0.2, 0.25) is 0 Å². The lowest BCUT2D eigenvalue weighted by Gasteiger charge is -2.27. The van der Waals surface area contributed by atoms with Crippen LogP contribution in [-0.2, 0) is 19.7 Å². The van der Waals surface area contributed by atoms with Crippen molar-refractivity contribution in [3.8, 4) is 0 Å². The number of ketones is 1. The maximum absolute atomic E-state index is 12.7. The average Bonchev–Trinajstić information content (AvgIpc) is 2.95. The molecule has 2 rings (SSSR count). The monoisotopic (exact) mass is 303 g/mol. The van der Waals surface area contributed by atoms with Gasteiger partial charge in [0.1, 0.15) is 17.8 Å². The summed E-state index contributed by atoms with van der Waals surface area (Å²) >= 11 is 0. The third-order valence-electron chi connectivity index (χ3n) is 4.58. The first-order chi connectivity index (χ1) is 10.6. The lowest BCUT2D eigenvalue weighted by atomic mass is 9.79. The zero-order chi connectivity index (χ0) is 16.0. The van der Waals surface area contributed by atoms with Gasteiger partial charge in [0, 0.05) is 19.4 Å². The molecule has 0 N–H and O–H groups in total. The Morgan fingerprint density at radius 3 is 2.45 bits per heavy atom. The molecular weight excluding hydrogens is 278 g/mol. The summed E-state index contributed by atoms with van der Waals surface area (Å²) < 4.78 is 5.53. The van der Waals surface area contributed by atoms with E-state index in [0.717, 1.165) is 25.2 Å². The van der Waals surface area contributed by atoms with Crippen molar-refractivity contribution in [2.24, 2.45) is 0 Å². The Hall–Kier alpha value is -1.68. The molecule has 1 aliphatic rings. The Balaban J connectivity index is 2.07. The molecule has 1 aliphatic carbocycles. The van der Waals surface area contributed by atoms with E-state index in [1.165, 1.54) is 0 Å². The molecule has 0 spiro atoms. The summed E-state index contributed by atoms with van der Waals surface area (Å²) in [5.74, 6) is -0.110. The van der Waals surface area contributed by atoms with Gasteiger partial charge in [0.05, 0.1) is 0 Å². The van der Waals surface area contributed by atoms with Crippen molar-refractivity contribution in [3.63, 3.8) is 0 Å². The van der Waals surface area contributed by atoms with Crippen LogP contribution in [0.15, 0.2) is 30.3 Å². The molecule has 0 bridgehead atoms. The topological polar surface area (TPSA) is 46.6 Å². The number of hydrogen-bond donors (Lipinski definition) is 0. The van der Waals surface area contributed by atoms with Gasteiger partial charge >= 0.3 is 5.97 Å². The predicted octanol–water partition coefficient (Wildman–Crippen LogP) is 2.56. The van der Waals surface area contributed by atoms with Crippen molar-refractivity contribution < 1.29 is 14.3 Å². The summed E-state index contributed by atoms with van der Waals surface area (Å²) in [6.07, 6.45) is 1.28. The van der Waals surface area contributed by atoms with Crippen LogP contribution in [-0.4, -0.2) is 42.9 Å². The molecule has 0 heterocycles. The molecule has 0 saturated heterocycles. The molecule has 0 aliphatic heterocycles. The van der Waals surface area contributed by atoms with E-state index >= 15 is 0 Å². The molecule has 120 valence electrons. The van der Waals surface area contributed by atoms with Crippen LogP contribution >= 0.6 is 0 Å². The second-order valence-electron chi connectivity index (χ2n) is 5.83. The second kappa shape index (κ2) is 7.54. The molecule has 0 aromatic heterocycles. The van der Waals surface area contributed by atoms with Crippen molar-refractivity contribution in [3.05, 3.63) is 35.9 Å². The summed E-state index contributed by atoms with van der Waals surface area (Å²) in [6, 6.07) is 9.57. The quantitative estimate of drug-likeness (QED) is 0.726. The molecule has 1 atom stereocenters. The summed E-state index contributed by atoms with van der Waals surface area (Å²) in [7, 11) is 0. The van der Waals surface area contributed by atoms with E-state index in [4.69, 9.17) is 4.74 Å². The molecule has 22 heavy (non-hydrogen) atoms. The summed E-state index contributed by atoms with van der Waals surface area (Å²) in [6.45, 7) is 7.17. The van der Waals surface area contributed by atoms with Crippen molar-refractivity contribution in [1.82, 2.24) is 4.90 Å². The van der Waals surface area contributed by atoms with Crippen LogP contribution in [0.3, 0.4) is 0 Å².